The third kappa shape index (κ3) is 0.842. The second-order valence-electron chi connectivity index (χ2n) is 5.27. The van der Waals surface area contributed by atoms with Crippen molar-refractivity contribution >= 4 is 5.97 Å². The highest BCUT2D eigenvalue weighted by Crippen LogP contribution is 2.54. The fourth-order valence-corrected chi connectivity index (χ4v) is 4.20. The average Bonchev–Trinajstić information content (AvgIpc) is 2.82. The highest BCUT2D eigenvalue weighted by atomic mass is 16.6. The molecule has 2 saturated heterocycles. The maximum Gasteiger partial charge on any atom is 0.331 e. The first-order chi connectivity index (χ1) is 7.29. The Bertz CT molecular complexity index is 376. The molecule has 3 heteroatoms. The molecular formula is C12H15NO2. The van der Waals surface area contributed by atoms with Crippen LogP contribution in [0, 0.1) is 0 Å². The summed E-state index contributed by atoms with van der Waals surface area (Å²) in [5, 5.41) is 0. The largest absolute Gasteiger partial charge is 0.450 e. The Kier molecular flexibility index (Phi) is 1.37. The van der Waals surface area contributed by atoms with E-state index in [1.807, 2.05) is 0 Å². The van der Waals surface area contributed by atoms with E-state index in [0.717, 1.165) is 12.8 Å². The second-order valence-corrected chi connectivity index (χ2v) is 5.27. The Morgan fingerprint density at radius 2 is 2.40 bits per heavy atom. The van der Waals surface area contributed by atoms with E-state index in [9.17, 15) is 4.79 Å². The fraction of sp³-hybridized carbons (Fsp3) is 0.750. The number of carbonyl (C=O) groups excluding carboxylic acids is 1. The summed E-state index contributed by atoms with van der Waals surface area (Å²) in [6.45, 7) is 1.21. The number of hydrogen-bond acceptors (Lipinski definition) is 3. The van der Waals surface area contributed by atoms with Crippen molar-refractivity contribution in [2.75, 3.05) is 6.54 Å². The first kappa shape index (κ1) is 8.34. The lowest BCUT2D eigenvalue weighted by Crippen LogP contribution is -2.43. The molecule has 15 heavy (non-hydrogen) atoms. The minimum absolute atomic E-state index is 0.0978. The van der Waals surface area contributed by atoms with Crippen LogP contribution in [-0.2, 0) is 9.53 Å². The number of ether oxygens (including phenoxy) is 1. The molecule has 2 bridgehead atoms. The van der Waals surface area contributed by atoms with Gasteiger partial charge in [-0.3, -0.25) is 4.90 Å². The van der Waals surface area contributed by atoms with Gasteiger partial charge in [-0.05, 0) is 37.8 Å². The van der Waals surface area contributed by atoms with Gasteiger partial charge in [-0.1, -0.05) is 0 Å². The fourth-order valence-electron chi connectivity index (χ4n) is 4.20. The maximum absolute atomic E-state index is 11.5. The molecular weight excluding hydrogens is 190 g/mol. The third-order valence-electron chi connectivity index (χ3n) is 4.71. The van der Waals surface area contributed by atoms with E-state index in [1.165, 1.54) is 31.4 Å². The molecule has 3 aliphatic heterocycles. The highest BCUT2D eigenvalue weighted by molar-refractivity contribution is 5.87. The standard InChI is InChI=1S/C12H15NO2/c14-11-6-8-3-4-9-7-12(8,15-11)10-2-1-5-13(9)10/h6,9-10H,1-5,7H2/t9-,10+,12+/m1/s1. The molecule has 3 fully saturated rings. The summed E-state index contributed by atoms with van der Waals surface area (Å²) >= 11 is 0. The Morgan fingerprint density at radius 1 is 1.47 bits per heavy atom. The van der Waals surface area contributed by atoms with Crippen LogP contribution in [0.3, 0.4) is 0 Å². The maximum atomic E-state index is 11.5. The molecule has 4 rings (SSSR count). The second kappa shape index (κ2) is 2.46. The minimum Gasteiger partial charge on any atom is -0.450 e. The number of rotatable bonds is 0. The third-order valence-corrected chi connectivity index (χ3v) is 4.71. The number of hydrogen-bond donors (Lipinski definition) is 0. The van der Waals surface area contributed by atoms with Crippen molar-refractivity contribution in [1.82, 2.24) is 4.90 Å². The molecule has 3 heterocycles. The monoisotopic (exact) mass is 205 g/mol. The van der Waals surface area contributed by atoms with Crippen molar-refractivity contribution in [3.63, 3.8) is 0 Å². The van der Waals surface area contributed by atoms with Crippen LogP contribution in [0.15, 0.2) is 11.6 Å². The van der Waals surface area contributed by atoms with E-state index in [0.29, 0.717) is 12.1 Å². The van der Waals surface area contributed by atoms with Crippen molar-refractivity contribution in [2.45, 2.75) is 49.8 Å². The molecule has 4 aliphatic rings. The van der Waals surface area contributed by atoms with Gasteiger partial charge in [0.25, 0.3) is 0 Å². The van der Waals surface area contributed by atoms with Gasteiger partial charge in [-0.2, -0.15) is 0 Å². The van der Waals surface area contributed by atoms with Gasteiger partial charge in [0.2, 0.25) is 0 Å². The Hall–Kier alpha value is -0.830. The van der Waals surface area contributed by atoms with Crippen LogP contribution in [0.1, 0.15) is 32.1 Å². The van der Waals surface area contributed by atoms with Crippen molar-refractivity contribution in [3.05, 3.63) is 11.6 Å². The molecule has 0 aromatic carbocycles. The summed E-state index contributed by atoms with van der Waals surface area (Å²) in [6, 6.07) is 1.18. The lowest BCUT2D eigenvalue weighted by molar-refractivity contribution is -0.147. The van der Waals surface area contributed by atoms with Crippen LogP contribution in [0.4, 0.5) is 0 Å². The van der Waals surface area contributed by atoms with Gasteiger partial charge >= 0.3 is 5.97 Å². The number of esters is 1. The summed E-state index contributed by atoms with van der Waals surface area (Å²) in [4.78, 5) is 14.1. The van der Waals surface area contributed by atoms with Crippen LogP contribution < -0.4 is 0 Å². The van der Waals surface area contributed by atoms with E-state index in [2.05, 4.69) is 4.90 Å². The van der Waals surface area contributed by atoms with Gasteiger partial charge in [-0.25, -0.2) is 4.79 Å². The molecule has 3 atom stereocenters. The van der Waals surface area contributed by atoms with Crippen molar-refractivity contribution < 1.29 is 9.53 Å². The zero-order valence-corrected chi connectivity index (χ0v) is 8.74. The predicted molar refractivity (Wildman–Crippen MR) is 54.3 cm³/mol. The molecule has 1 spiro atoms. The van der Waals surface area contributed by atoms with Gasteiger partial charge < -0.3 is 4.74 Å². The summed E-state index contributed by atoms with van der Waals surface area (Å²) in [7, 11) is 0. The molecule has 0 N–H and O–H groups in total. The van der Waals surface area contributed by atoms with Crippen molar-refractivity contribution in [2.24, 2.45) is 0 Å². The molecule has 0 radical (unpaired) electrons. The number of carbonyl (C=O) groups is 1. The van der Waals surface area contributed by atoms with E-state index >= 15 is 0 Å². The van der Waals surface area contributed by atoms with Crippen LogP contribution in [-0.4, -0.2) is 35.1 Å². The Balaban J connectivity index is 1.85. The van der Waals surface area contributed by atoms with Gasteiger partial charge in [0.1, 0.15) is 0 Å². The van der Waals surface area contributed by atoms with Crippen LogP contribution in [0.5, 0.6) is 0 Å². The zero-order valence-electron chi connectivity index (χ0n) is 8.74. The normalized spacial score (nSPS) is 47.5. The molecule has 1 saturated carbocycles. The summed E-state index contributed by atoms with van der Waals surface area (Å²) in [6.07, 6.45) is 7.60. The van der Waals surface area contributed by atoms with Crippen molar-refractivity contribution in [1.29, 1.82) is 0 Å². The molecule has 0 aromatic rings. The van der Waals surface area contributed by atoms with Gasteiger partial charge in [-0.15, -0.1) is 0 Å². The topological polar surface area (TPSA) is 29.5 Å². The zero-order chi connectivity index (χ0) is 10.0. The first-order valence-electron chi connectivity index (χ1n) is 5.99. The van der Waals surface area contributed by atoms with Crippen molar-refractivity contribution in [3.8, 4) is 0 Å². The first-order valence-corrected chi connectivity index (χ1v) is 5.99. The SMILES string of the molecule is O=C1C=C2CC[C@@H]3C[C@@]2(O1)[C@@H]1CCCN31. The average molecular weight is 205 g/mol. The molecule has 80 valence electrons. The summed E-state index contributed by atoms with van der Waals surface area (Å²) < 4.78 is 5.68. The van der Waals surface area contributed by atoms with Gasteiger partial charge in [0, 0.05) is 18.5 Å². The van der Waals surface area contributed by atoms with Crippen LogP contribution >= 0.6 is 0 Å². The lowest BCUT2D eigenvalue weighted by atomic mass is 9.78. The molecule has 0 aromatic heterocycles. The van der Waals surface area contributed by atoms with Crippen LogP contribution in [0.2, 0.25) is 0 Å². The molecule has 1 aliphatic carbocycles. The van der Waals surface area contributed by atoms with E-state index in [-0.39, 0.29) is 11.6 Å². The number of nitrogens with zero attached hydrogens (tertiary/aromatic N) is 1. The van der Waals surface area contributed by atoms with E-state index < -0.39 is 0 Å². The minimum atomic E-state index is -0.184. The van der Waals surface area contributed by atoms with Gasteiger partial charge in [0.15, 0.2) is 5.60 Å². The summed E-state index contributed by atoms with van der Waals surface area (Å²) in [5.74, 6) is -0.0978. The molecule has 3 nitrogen and oxygen atoms in total. The highest BCUT2D eigenvalue weighted by Gasteiger charge is 2.61. The molecule has 0 amide bonds. The quantitative estimate of drug-likeness (QED) is 0.557. The van der Waals surface area contributed by atoms with E-state index in [1.54, 1.807) is 6.08 Å². The Labute approximate surface area is 89.1 Å². The summed E-state index contributed by atoms with van der Waals surface area (Å²) in [5.41, 5.74) is 1.11. The predicted octanol–water partition coefficient (Wildman–Crippen LogP) is 1.24. The van der Waals surface area contributed by atoms with E-state index in [4.69, 9.17) is 4.74 Å². The molecule has 0 unspecified atom stereocenters. The smallest absolute Gasteiger partial charge is 0.331 e. The van der Waals surface area contributed by atoms with Crippen LogP contribution in [0.25, 0.3) is 0 Å². The Morgan fingerprint density at radius 3 is 3.33 bits per heavy atom. The van der Waals surface area contributed by atoms with Gasteiger partial charge in [0.05, 0.1) is 6.04 Å². The lowest BCUT2D eigenvalue weighted by Gasteiger charge is -2.33. The number of fused-ring (bicyclic) bond motifs is 3.